The Balaban J connectivity index is 3.11. The van der Waals surface area contributed by atoms with Gasteiger partial charge in [-0.05, 0) is 23.2 Å². The third-order valence-electron chi connectivity index (χ3n) is 3.88. The maximum atomic E-state index is 11.0. The second-order valence-electron chi connectivity index (χ2n) is 7.58. The molecule has 0 aliphatic carbocycles. The number of nitrogens with zero attached hydrogens (tertiary/aromatic N) is 1. The summed E-state index contributed by atoms with van der Waals surface area (Å²) in [5.74, 6) is -0.329. The summed E-state index contributed by atoms with van der Waals surface area (Å²) in [4.78, 5) is 13.0. The molecule has 0 saturated carbocycles. The molecule has 104 valence electrons. The van der Waals surface area contributed by atoms with E-state index in [9.17, 15) is 4.79 Å². The van der Waals surface area contributed by atoms with Crippen molar-refractivity contribution in [1.29, 1.82) is 0 Å². The van der Waals surface area contributed by atoms with Gasteiger partial charge in [0.05, 0.1) is 0 Å². The van der Waals surface area contributed by atoms with Gasteiger partial charge in [-0.25, -0.2) is 0 Å². The first-order valence-electron chi connectivity index (χ1n) is 6.61. The number of rotatable bonds is 2. The van der Waals surface area contributed by atoms with Gasteiger partial charge in [0, 0.05) is 11.7 Å². The Morgan fingerprint density at radius 1 is 1.28 bits per heavy atom. The van der Waals surface area contributed by atoms with Crippen LogP contribution in [0.3, 0.4) is 0 Å². The molecule has 1 saturated heterocycles. The van der Waals surface area contributed by atoms with Gasteiger partial charge in [0.15, 0.2) is 0 Å². The summed E-state index contributed by atoms with van der Waals surface area (Å²) in [6, 6.07) is 0.237. The molecular weight excluding hydrogens is 226 g/mol. The van der Waals surface area contributed by atoms with E-state index in [2.05, 4.69) is 48.1 Å². The quantitative estimate of drug-likeness (QED) is 0.820. The smallest absolute Gasteiger partial charge is 0.323 e. The molecule has 3 nitrogen and oxygen atoms in total. The number of carboxylic acids is 1. The van der Waals surface area contributed by atoms with Crippen molar-refractivity contribution in [2.75, 3.05) is 6.54 Å². The standard InChI is InChI=1S/C15H27NO2/c1-10-8-11(14(2,3)4)13(15(5,6)7)16(10)9-12(17)18/h11,13H,1,8-9H2,2-7H3,(H,17,18). The Bertz CT molecular complexity index is 346. The molecule has 3 heteroatoms. The van der Waals surface area contributed by atoms with Crippen molar-refractivity contribution >= 4 is 5.97 Å². The predicted molar refractivity (Wildman–Crippen MR) is 74.3 cm³/mol. The van der Waals surface area contributed by atoms with Gasteiger partial charge in [0.1, 0.15) is 6.54 Å². The second-order valence-corrected chi connectivity index (χ2v) is 7.58. The average Bonchev–Trinajstić information content (AvgIpc) is 2.41. The molecule has 0 radical (unpaired) electrons. The summed E-state index contributed by atoms with van der Waals surface area (Å²) < 4.78 is 0. The highest BCUT2D eigenvalue weighted by molar-refractivity contribution is 5.69. The van der Waals surface area contributed by atoms with Crippen LogP contribution in [0.25, 0.3) is 0 Å². The lowest BCUT2D eigenvalue weighted by Gasteiger charge is -2.43. The molecule has 1 heterocycles. The van der Waals surface area contributed by atoms with Gasteiger partial charge in [-0.2, -0.15) is 0 Å². The molecule has 0 spiro atoms. The first kappa shape index (κ1) is 15.1. The minimum atomic E-state index is -0.778. The highest BCUT2D eigenvalue weighted by Gasteiger charge is 2.47. The van der Waals surface area contributed by atoms with Crippen LogP contribution in [0, 0.1) is 16.7 Å². The van der Waals surface area contributed by atoms with E-state index in [4.69, 9.17) is 5.11 Å². The van der Waals surface area contributed by atoms with E-state index in [0.29, 0.717) is 5.92 Å². The third-order valence-corrected chi connectivity index (χ3v) is 3.88. The van der Waals surface area contributed by atoms with Crippen molar-refractivity contribution in [2.24, 2.45) is 16.7 Å². The van der Waals surface area contributed by atoms with Crippen LogP contribution in [0.15, 0.2) is 12.3 Å². The van der Waals surface area contributed by atoms with E-state index < -0.39 is 5.97 Å². The minimum absolute atomic E-state index is 0.0484. The summed E-state index contributed by atoms with van der Waals surface area (Å²) >= 11 is 0. The molecule has 1 aliphatic rings. The van der Waals surface area contributed by atoms with Crippen LogP contribution in [0.2, 0.25) is 0 Å². The van der Waals surface area contributed by atoms with Gasteiger partial charge in [0.25, 0.3) is 0 Å². The summed E-state index contributed by atoms with van der Waals surface area (Å²) in [6.07, 6.45) is 0.902. The molecule has 18 heavy (non-hydrogen) atoms. The molecule has 2 unspecified atom stereocenters. The van der Waals surface area contributed by atoms with E-state index in [-0.39, 0.29) is 23.4 Å². The lowest BCUT2D eigenvalue weighted by molar-refractivity contribution is -0.138. The lowest BCUT2D eigenvalue weighted by Crippen LogP contribution is -2.47. The molecule has 0 aromatic heterocycles. The Labute approximate surface area is 111 Å². The van der Waals surface area contributed by atoms with Crippen LogP contribution in [-0.4, -0.2) is 28.6 Å². The fourth-order valence-corrected chi connectivity index (χ4v) is 3.10. The first-order chi connectivity index (χ1) is 7.94. The number of hydrogen-bond donors (Lipinski definition) is 1. The highest BCUT2D eigenvalue weighted by atomic mass is 16.4. The van der Waals surface area contributed by atoms with Crippen molar-refractivity contribution < 1.29 is 9.90 Å². The van der Waals surface area contributed by atoms with E-state index >= 15 is 0 Å². The second kappa shape index (κ2) is 4.60. The number of allylic oxidation sites excluding steroid dienone is 1. The zero-order valence-corrected chi connectivity index (χ0v) is 12.6. The molecule has 1 rings (SSSR count). The number of aliphatic carboxylic acids is 1. The van der Waals surface area contributed by atoms with Crippen LogP contribution in [0.5, 0.6) is 0 Å². The van der Waals surface area contributed by atoms with Crippen molar-refractivity contribution in [3.8, 4) is 0 Å². The minimum Gasteiger partial charge on any atom is -0.480 e. The SMILES string of the molecule is C=C1CC(C(C)(C)C)C(C(C)(C)C)N1CC(=O)O. The largest absolute Gasteiger partial charge is 0.480 e. The van der Waals surface area contributed by atoms with Crippen molar-refractivity contribution in [3.05, 3.63) is 12.3 Å². The topological polar surface area (TPSA) is 40.5 Å². The van der Waals surface area contributed by atoms with Crippen molar-refractivity contribution in [2.45, 2.75) is 54.0 Å². The zero-order valence-electron chi connectivity index (χ0n) is 12.6. The number of likely N-dealkylation sites (tertiary alicyclic amines) is 1. The number of carbonyl (C=O) groups is 1. The van der Waals surface area contributed by atoms with Gasteiger partial charge in [-0.1, -0.05) is 48.1 Å². The summed E-state index contributed by atoms with van der Waals surface area (Å²) in [6.45, 7) is 17.4. The summed E-state index contributed by atoms with van der Waals surface area (Å²) in [7, 11) is 0. The molecule has 2 atom stereocenters. The predicted octanol–water partition coefficient (Wildman–Crippen LogP) is 3.37. The lowest BCUT2D eigenvalue weighted by atomic mass is 9.68. The van der Waals surface area contributed by atoms with E-state index in [1.54, 1.807) is 0 Å². The van der Waals surface area contributed by atoms with Crippen LogP contribution in [0.4, 0.5) is 0 Å². The van der Waals surface area contributed by atoms with Gasteiger partial charge in [0.2, 0.25) is 0 Å². The maximum Gasteiger partial charge on any atom is 0.323 e. The Hall–Kier alpha value is -0.990. The van der Waals surface area contributed by atoms with Gasteiger partial charge >= 0.3 is 5.97 Å². The van der Waals surface area contributed by atoms with Crippen LogP contribution in [-0.2, 0) is 4.79 Å². The van der Waals surface area contributed by atoms with Crippen molar-refractivity contribution in [3.63, 3.8) is 0 Å². The third kappa shape index (κ3) is 3.06. The molecular formula is C15H27NO2. The molecule has 1 aliphatic heterocycles. The monoisotopic (exact) mass is 253 g/mol. The molecule has 0 aromatic carbocycles. The molecule has 0 amide bonds. The molecule has 0 aromatic rings. The molecule has 1 fully saturated rings. The van der Waals surface area contributed by atoms with Crippen LogP contribution < -0.4 is 0 Å². The normalized spacial score (nSPS) is 25.7. The molecule has 0 bridgehead atoms. The average molecular weight is 253 g/mol. The summed E-state index contributed by atoms with van der Waals surface area (Å²) in [5, 5.41) is 9.08. The fourth-order valence-electron chi connectivity index (χ4n) is 3.10. The Morgan fingerprint density at radius 2 is 1.78 bits per heavy atom. The van der Waals surface area contributed by atoms with E-state index in [1.165, 1.54) is 0 Å². The number of hydrogen-bond acceptors (Lipinski definition) is 2. The fraction of sp³-hybridized carbons (Fsp3) is 0.800. The summed E-state index contributed by atoms with van der Waals surface area (Å²) in [5.41, 5.74) is 1.18. The molecule has 1 N–H and O–H groups in total. The van der Waals surface area contributed by atoms with Crippen LogP contribution >= 0.6 is 0 Å². The van der Waals surface area contributed by atoms with Gasteiger partial charge < -0.3 is 10.0 Å². The van der Waals surface area contributed by atoms with Crippen molar-refractivity contribution in [1.82, 2.24) is 4.90 Å². The van der Waals surface area contributed by atoms with Gasteiger partial charge in [-0.15, -0.1) is 0 Å². The Morgan fingerprint density at radius 3 is 2.11 bits per heavy atom. The zero-order chi connectivity index (χ0) is 14.3. The maximum absolute atomic E-state index is 11.0. The Kier molecular flexibility index (Phi) is 3.85. The van der Waals surface area contributed by atoms with Gasteiger partial charge in [-0.3, -0.25) is 4.79 Å². The van der Waals surface area contributed by atoms with Crippen LogP contribution in [0.1, 0.15) is 48.0 Å². The van der Waals surface area contributed by atoms with E-state index in [1.807, 2.05) is 4.90 Å². The first-order valence-corrected chi connectivity index (χ1v) is 6.61. The number of carboxylic acid groups (broad SMARTS) is 1. The highest BCUT2D eigenvalue weighted by Crippen LogP contribution is 2.48. The van der Waals surface area contributed by atoms with E-state index in [0.717, 1.165) is 12.1 Å².